The summed E-state index contributed by atoms with van der Waals surface area (Å²) >= 11 is 0. The molecule has 0 bridgehead atoms. The molecule has 0 rings (SSSR count). The molecule has 5 N–H and O–H groups in total. The van der Waals surface area contributed by atoms with Gasteiger partial charge in [0.15, 0.2) is 0 Å². The Morgan fingerprint density at radius 3 is 1.00 bits per heavy atom. The van der Waals surface area contributed by atoms with E-state index in [0.717, 1.165) is 0 Å². The van der Waals surface area contributed by atoms with Crippen LogP contribution in [0.5, 0.6) is 0 Å². The van der Waals surface area contributed by atoms with E-state index in [-0.39, 0.29) is 17.1 Å². The zero-order valence-corrected chi connectivity index (χ0v) is 7.48. The molecule has 0 aromatic heterocycles. The van der Waals surface area contributed by atoms with E-state index in [0.29, 0.717) is 0 Å². The molecule has 0 unspecified atom stereocenters. The van der Waals surface area contributed by atoms with Crippen molar-refractivity contribution >= 4 is 18.2 Å². The Hall–Kier alpha value is 0.499. The first-order valence-electron chi connectivity index (χ1n) is 1.48. The monoisotopic (exact) mass is 252 g/mol. The van der Waals surface area contributed by atoms with Crippen LogP contribution in [0.25, 0.3) is 0 Å². The molecule has 0 aliphatic heterocycles. The van der Waals surface area contributed by atoms with Gasteiger partial charge in [-0.15, -0.1) is 0 Å². The molecule has 0 saturated carbocycles. The maximum absolute atomic E-state index is 8.88. The standard InChI is InChI=1S/Fe.H3O4P.H2O4S/c;2*1-5(2,3)4/h;(H3,1,2,3,4);(H2,1,2,3,4). The number of phosphoric acid groups is 1. The van der Waals surface area contributed by atoms with Gasteiger partial charge >= 0.3 is 18.2 Å². The molecule has 0 atom stereocenters. The van der Waals surface area contributed by atoms with Crippen molar-refractivity contribution in [3.63, 3.8) is 0 Å². The van der Waals surface area contributed by atoms with Gasteiger partial charge in [-0.3, -0.25) is 9.11 Å². The zero-order chi connectivity index (χ0) is 9.00. The smallest absolute Gasteiger partial charge is 0.303 e. The third-order valence-electron chi connectivity index (χ3n) is 0. The van der Waals surface area contributed by atoms with Gasteiger partial charge < -0.3 is 14.7 Å². The van der Waals surface area contributed by atoms with E-state index in [2.05, 4.69) is 0 Å². The fourth-order valence-electron chi connectivity index (χ4n) is 0. The Bertz CT molecular complexity index is 192. The third kappa shape index (κ3) is 3040. The van der Waals surface area contributed by atoms with E-state index in [1.807, 2.05) is 0 Å². The largest absolute Gasteiger partial charge is 0.466 e. The number of rotatable bonds is 0. The normalized spacial score (nSPS) is 10.6. The van der Waals surface area contributed by atoms with Crippen LogP contribution in [0, 0.1) is 0 Å². The molecule has 0 heterocycles. The molecule has 0 fully saturated rings. The maximum Gasteiger partial charge on any atom is 0.466 e. The second kappa shape index (κ2) is 6.06. The molecule has 0 spiro atoms. The molecule has 11 heavy (non-hydrogen) atoms. The summed E-state index contributed by atoms with van der Waals surface area (Å²) in [5.74, 6) is 0. The molecule has 11 heteroatoms. The quantitative estimate of drug-likeness (QED) is 0.196. The minimum atomic E-state index is -4.67. The Kier molecular flexibility index (Phi) is 9.67. The SMILES string of the molecule is O=P(O)(O)O.O=S(=O)(O)O.[Fe]. The van der Waals surface area contributed by atoms with Crippen molar-refractivity contribution in [2.75, 3.05) is 0 Å². The van der Waals surface area contributed by atoms with E-state index in [9.17, 15) is 0 Å². The summed E-state index contributed by atoms with van der Waals surface area (Å²) in [6, 6.07) is 0. The fraction of sp³-hybridized carbons (Fsp3) is 0. The van der Waals surface area contributed by atoms with Crippen molar-refractivity contribution in [1.82, 2.24) is 0 Å². The van der Waals surface area contributed by atoms with E-state index in [4.69, 9.17) is 36.8 Å². The molecule has 0 aromatic rings. The van der Waals surface area contributed by atoms with Crippen LogP contribution in [0.2, 0.25) is 0 Å². The summed E-state index contributed by atoms with van der Waals surface area (Å²) < 4.78 is 40.5. The summed E-state index contributed by atoms with van der Waals surface area (Å²) in [6.45, 7) is 0. The van der Waals surface area contributed by atoms with Crippen LogP contribution in [-0.4, -0.2) is 32.2 Å². The minimum absolute atomic E-state index is 0. The van der Waals surface area contributed by atoms with Crippen molar-refractivity contribution in [2.24, 2.45) is 0 Å². The van der Waals surface area contributed by atoms with Gasteiger partial charge in [0.2, 0.25) is 0 Å². The van der Waals surface area contributed by atoms with E-state index in [1.165, 1.54) is 0 Å². The predicted molar refractivity (Wildman–Crippen MR) is 28.4 cm³/mol. The van der Waals surface area contributed by atoms with Crippen LogP contribution in [0.15, 0.2) is 0 Å². The van der Waals surface area contributed by atoms with Gasteiger partial charge in [-0.1, -0.05) is 0 Å². The van der Waals surface area contributed by atoms with Crippen LogP contribution in [0.4, 0.5) is 0 Å². The van der Waals surface area contributed by atoms with Crippen molar-refractivity contribution in [2.45, 2.75) is 0 Å². The second-order valence-corrected chi connectivity index (χ2v) is 2.88. The first-order valence-corrected chi connectivity index (χ1v) is 4.44. The average molecular weight is 252 g/mol. The molecule has 8 nitrogen and oxygen atoms in total. The molecule has 72 valence electrons. The summed E-state index contributed by atoms with van der Waals surface area (Å²) in [6.07, 6.45) is 0. The molecule has 0 amide bonds. The second-order valence-electron chi connectivity index (χ2n) is 0.961. The van der Waals surface area contributed by atoms with Gasteiger partial charge in [-0.25, -0.2) is 4.57 Å². The van der Waals surface area contributed by atoms with Crippen LogP contribution in [-0.2, 0) is 32.0 Å². The predicted octanol–water partition coefficient (Wildman–Crippen LogP) is -1.58. The van der Waals surface area contributed by atoms with Crippen LogP contribution >= 0.6 is 7.82 Å². The molecule has 0 aromatic carbocycles. The Labute approximate surface area is 72.5 Å². The Balaban J connectivity index is -0.000000107. The number of hydrogen-bond acceptors (Lipinski definition) is 3. The Morgan fingerprint density at radius 1 is 1.00 bits per heavy atom. The first kappa shape index (κ1) is 17.5. The van der Waals surface area contributed by atoms with Crippen molar-refractivity contribution in [1.29, 1.82) is 0 Å². The number of hydrogen-bond donors (Lipinski definition) is 5. The molecular formula is H5FeO8PS. The molecule has 0 aliphatic carbocycles. The van der Waals surface area contributed by atoms with Gasteiger partial charge in [-0.2, -0.15) is 8.42 Å². The topological polar surface area (TPSA) is 152 Å². The Morgan fingerprint density at radius 2 is 1.00 bits per heavy atom. The van der Waals surface area contributed by atoms with Gasteiger partial charge in [0.25, 0.3) is 0 Å². The third-order valence-corrected chi connectivity index (χ3v) is 0. The summed E-state index contributed by atoms with van der Waals surface area (Å²) in [4.78, 5) is 21.6. The van der Waals surface area contributed by atoms with Crippen molar-refractivity contribution < 1.29 is 53.8 Å². The molecule has 0 radical (unpaired) electrons. The average Bonchev–Trinajstić information content (AvgIpc) is 1.12. The van der Waals surface area contributed by atoms with Crippen LogP contribution in [0.3, 0.4) is 0 Å². The first-order chi connectivity index (χ1) is 4.00. The van der Waals surface area contributed by atoms with Crippen LogP contribution in [0.1, 0.15) is 0 Å². The van der Waals surface area contributed by atoms with E-state index >= 15 is 0 Å². The van der Waals surface area contributed by atoms with Gasteiger partial charge in [0.1, 0.15) is 0 Å². The van der Waals surface area contributed by atoms with Gasteiger partial charge in [0.05, 0.1) is 0 Å². The summed E-state index contributed by atoms with van der Waals surface area (Å²) in [5, 5.41) is 0. The van der Waals surface area contributed by atoms with E-state index < -0.39 is 18.2 Å². The molecule has 0 saturated heterocycles. The minimum Gasteiger partial charge on any atom is -0.303 e. The van der Waals surface area contributed by atoms with Gasteiger partial charge in [0, 0.05) is 17.1 Å². The summed E-state index contributed by atoms with van der Waals surface area (Å²) in [7, 11) is -9.31. The summed E-state index contributed by atoms with van der Waals surface area (Å²) in [5.41, 5.74) is 0. The fourth-order valence-corrected chi connectivity index (χ4v) is 0. The van der Waals surface area contributed by atoms with Crippen molar-refractivity contribution in [3.05, 3.63) is 0 Å². The zero-order valence-electron chi connectivity index (χ0n) is 4.67. The molecule has 0 aliphatic rings. The van der Waals surface area contributed by atoms with Gasteiger partial charge in [-0.05, 0) is 0 Å². The van der Waals surface area contributed by atoms with E-state index in [1.54, 1.807) is 0 Å². The van der Waals surface area contributed by atoms with Crippen LogP contribution < -0.4 is 0 Å². The maximum atomic E-state index is 8.88. The van der Waals surface area contributed by atoms with Crippen molar-refractivity contribution in [3.8, 4) is 0 Å². The molecular weight excluding hydrogens is 247 g/mol.